The number of sulfonamides is 1. The van der Waals surface area contributed by atoms with E-state index in [0.717, 1.165) is 24.0 Å². The number of aryl methyl sites for hydroxylation is 1. The lowest BCUT2D eigenvalue weighted by Gasteiger charge is -2.08. The predicted octanol–water partition coefficient (Wildman–Crippen LogP) is 2.17. The summed E-state index contributed by atoms with van der Waals surface area (Å²) >= 11 is 0. The fraction of sp³-hybridized carbons (Fsp3) is 0.400. The van der Waals surface area contributed by atoms with E-state index < -0.39 is 10.0 Å². The van der Waals surface area contributed by atoms with Gasteiger partial charge in [-0.15, -0.1) is 0 Å². The Bertz CT molecular complexity index is 909. The Morgan fingerprint density at radius 2 is 1.93 bits per heavy atom. The SMILES string of the molecule is CCOc1cc(CNC(=O)CCc2ccc(S(=O)(=O)NC3CC3)cc2)ccn1. The quantitative estimate of drug-likeness (QED) is 0.634. The fourth-order valence-electron chi connectivity index (χ4n) is 2.66. The normalized spacial score (nSPS) is 13.9. The molecule has 0 radical (unpaired) electrons. The second-order valence-electron chi connectivity index (χ2n) is 6.75. The molecule has 1 amide bonds. The Kier molecular flexibility index (Phi) is 6.64. The molecular weight excluding hydrogens is 378 g/mol. The van der Waals surface area contributed by atoms with Gasteiger partial charge in [-0.3, -0.25) is 4.79 Å². The Hall–Kier alpha value is -2.45. The zero-order chi connectivity index (χ0) is 20.0. The number of nitrogens with zero attached hydrogens (tertiary/aromatic N) is 1. The van der Waals surface area contributed by atoms with E-state index in [4.69, 9.17) is 4.74 Å². The number of carbonyl (C=O) groups is 1. The highest BCUT2D eigenvalue weighted by molar-refractivity contribution is 7.89. The molecule has 0 spiro atoms. The molecular formula is C20H25N3O4S. The summed E-state index contributed by atoms with van der Waals surface area (Å²) in [4.78, 5) is 16.4. The summed E-state index contributed by atoms with van der Waals surface area (Å²) in [6, 6.07) is 10.4. The van der Waals surface area contributed by atoms with Gasteiger partial charge in [-0.05, 0) is 55.5 Å². The molecule has 1 fully saturated rings. The Morgan fingerprint density at radius 1 is 1.18 bits per heavy atom. The van der Waals surface area contributed by atoms with Crippen LogP contribution in [0, 0.1) is 0 Å². The number of amides is 1. The Balaban J connectivity index is 1.46. The molecule has 1 aliphatic carbocycles. The average molecular weight is 404 g/mol. The third-order valence-electron chi connectivity index (χ3n) is 4.35. The van der Waals surface area contributed by atoms with Crippen LogP contribution in [0.25, 0.3) is 0 Å². The first-order chi connectivity index (χ1) is 13.5. The first-order valence-corrected chi connectivity index (χ1v) is 10.9. The number of hydrogen-bond acceptors (Lipinski definition) is 5. The molecule has 0 atom stereocenters. The van der Waals surface area contributed by atoms with Crippen molar-refractivity contribution in [2.24, 2.45) is 0 Å². The molecule has 0 bridgehead atoms. The van der Waals surface area contributed by atoms with E-state index in [9.17, 15) is 13.2 Å². The molecule has 150 valence electrons. The number of ether oxygens (including phenoxy) is 1. The van der Waals surface area contributed by atoms with Gasteiger partial charge in [0.05, 0.1) is 11.5 Å². The molecule has 7 nitrogen and oxygen atoms in total. The van der Waals surface area contributed by atoms with Crippen LogP contribution < -0.4 is 14.8 Å². The molecule has 2 N–H and O–H groups in total. The number of nitrogens with one attached hydrogen (secondary N) is 2. The summed E-state index contributed by atoms with van der Waals surface area (Å²) in [5.41, 5.74) is 1.84. The summed E-state index contributed by atoms with van der Waals surface area (Å²) < 4.78 is 32.3. The monoisotopic (exact) mass is 403 g/mol. The van der Waals surface area contributed by atoms with Crippen LogP contribution in [0.4, 0.5) is 0 Å². The maximum Gasteiger partial charge on any atom is 0.240 e. The topological polar surface area (TPSA) is 97.4 Å². The number of benzene rings is 1. The van der Waals surface area contributed by atoms with Crippen molar-refractivity contribution in [3.8, 4) is 5.88 Å². The zero-order valence-electron chi connectivity index (χ0n) is 15.8. The van der Waals surface area contributed by atoms with Crippen molar-refractivity contribution in [3.63, 3.8) is 0 Å². The first-order valence-electron chi connectivity index (χ1n) is 9.42. The van der Waals surface area contributed by atoms with Gasteiger partial charge in [0, 0.05) is 31.3 Å². The molecule has 0 saturated heterocycles. The van der Waals surface area contributed by atoms with Crippen molar-refractivity contribution < 1.29 is 17.9 Å². The van der Waals surface area contributed by atoms with Gasteiger partial charge in [0.15, 0.2) is 0 Å². The number of carbonyl (C=O) groups excluding carboxylic acids is 1. The fourth-order valence-corrected chi connectivity index (χ4v) is 3.96. The molecule has 2 aromatic rings. The van der Waals surface area contributed by atoms with Crippen molar-refractivity contribution in [1.29, 1.82) is 0 Å². The minimum Gasteiger partial charge on any atom is -0.478 e. The van der Waals surface area contributed by atoms with Crippen molar-refractivity contribution in [2.75, 3.05) is 6.61 Å². The van der Waals surface area contributed by atoms with Crippen molar-refractivity contribution in [2.45, 2.75) is 50.1 Å². The lowest BCUT2D eigenvalue weighted by molar-refractivity contribution is -0.121. The minimum absolute atomic E-state index is 0.0677. The standard InChI is InChI=1S/C20H25N3O4S/c1-2-27-20-13-16(11-12-21-20)14-22-19(24)10-5-15-3-8-18(9-4-15)28(25,26)23-17-6-7-17/h3-4,8-9,11-13,17,23H,2,5-7,10,14H2,1H3,(H,22,24). The summed E-state index contributed by atoms with van der Waals surface area (Å²) in [7, 11) is -3.44. The molecule has 1 saturated carbocycles. The molecule has 28 heavy (non-hydrogen) atoms. The van der Waals surface area contributed by atoms with Gasteiger partial charge >= 0.3 is 0 Å². The van der Waals surface area contributed by atoms with Crippen LogP contribution in [0.15, 0.2) is 47.5 Å². The van der Waals surface area contributed by atoms with Gasteiger partial charge in [-0.2, -0.15) is 0 Å². The number of aromatic nitrogens is 1. The van der Waals surface area contributed by atoms with Crippen LogP contribution in [0.2, 0.25) is 0 Å². The summed E-state index contributed by atoms with van der Waals surface area (Å²) in [5.74, 6) is 0.474. The summed E-state index contributed by atoms with van der Waals surface area (Å²) in [5, 5.41) is 2.87. The van der Waals surface area contributed by atoms with Gasteiger partial charge in [-0.25, -0.2) is 18.1 Å². The van der Waals surface area contributed by atoms with E-state index in [1.165, 1.54) is 0 Å². The lowest BCUT2D eigenvalue weighted by atomic mass is 10.1. The largest absolute Gasteiger partial charge is 0.478 e. The molecule has 3 rings (SSSR count). The molecule has 1 aromatic heterocycles. The second-order valence-corrected chi connectivity index (χ2v) is 8.47. The molecule has 8 heteroatoms. The Morgan fingerprint density at radius 3 is 2.61 bits per heavy atom. The van der Waals surface area contributed by atoms with Crippen molar-refractivity contribution >= 4 is 15.9 Å². The molecule has 1 aromatic carbocycles. The highest BCUT2D eigenvalue weighted by atomic mass is 32.2. The summed E-state index contributed by atoms with van der Waals surface area (Å²) in [6.45, 7) is 2.84. The maximum absolute atomic E-state index is 12.2. The van der Waals surface area contributed by atoms with E-state index in [1.807, 2.05) is 13.0 Å². The van der Waals surface area contributed by atoms with E-state index in [2.05, 4.69) is 15.0 Å². The van der Waals surface area contributed by atoms with E-state index >= 15 is 0 Å². The average Bonchev–Trinajstić information content (AvgIpc) is 3.49. The van der Waals surface area contributed by atoms with Crippen LogP contribution in [-0.2, 0) is 27.8 Å². The van der Waals surface area contributed by atoms with Gasteiger partial charge in [-0.1, -0.05) is 12.1 Å². The molecule has 1 heterocycles. The predicted molar refractivity (Wildman–Crippen MR) is 105 cm³/mol. The second kappa shape index (κ2) is 9.16. The first kappa shape index (κ1) is 20.3. The van der Waals surface area contributed by atoms with Gasteiger partial charge in [0.2, 0.25) is 21.8 Å². The van der Waals surface area contributed by atoms with Crippen molar-refractivity contribution in [1.82, 2.24) is 15.0 Å². The zero-order valence-corrected chi connectivity index (χ0v) is 16.7. The van der Waals surface area contributed by atoms with Crippen LogP contribution in [-0.4, -0.2) is 32.0 Å². The third-order valence-corrected chi connectivity index (χ3v) is 5.89. The smallest absolute Gasteiger partial charge is 0.240 e. The molecule has 0 aliphatic heterocycles. The molecule has 0 unspecified atom stereocenters. The third kappa shape index (κ3) is 6.03. The highest BCUT2D eigenvalue weighted by Gasteiger charge is 2.27. The van der Waals surface area contributed by atoms with E-state index in [1.54, 1.807) is 36.5 Å². The maximum atomic E-state index is 12.2. The number of hydrogen-bond donors (Lipinski definition) is 2. The van der Waals surface area contributed by atoms with E-state index in [0.29, 0.717) is 31.9 Å². The molecule has 1 aliphatic rings. The van der Waals surface area contributed by atoms with Crippen molar-refractivity contribution in [3.05, 3.63) is 53.7 Å². The minimum atomic E-state index is -3.44. The van der Waals surface area contributed by atoms with Crippen LogP contribution >= 0.6 is 0 Å². The Labute approximate surface area is 165 Å². The lowest BCUT2D eigenvalue weighted by Crippen LogP contribution is -2.25. The van der Waals surface area contributed by atoms with E-state index in [-0.39, 0.29) is 16.8 Å². The van der Waals surface area contributed by atoms with Gasteiger partial charge < -0.3 is 10.1 Å². The van der Waals surface area contributed by atoms with Crippen LogP contribution in [0.1, 0.15) is 37.3 Å². The van der Waals surface area contributed by atoms with Crippen LogP contribution in [0.5, 0.6) is 5.88 Å². The van der Waals surface area contributed by atoms with Gasteiger partial charge in [0.25, 0.3) is 0 Å². The van der Waals surface area contributed by atoms with Crippen LogP contribution in [0.3, 0.4) is 0 Å². The van der Waals surface area contributed by atoms with Gasteiger partial charge in [0.1, 0.15) is 0 Å². The highest BCUT2D eigenvalue weighted by Crippen LogP contribution is 2.22. The number of pyridine rings is 1. The summed E-state index contributed by atoms with van der Waals surface area (Å²) in [6.07, 6.45) is 4.33. The number of rotatable bonds is 10.